The summed E-state index contributed by atoms with van der Waals surface area (Å²) >= 11 is 0. The predicted molar refractivity (Wildman–Crippen MR) is 106 cm³/mol. The van der Waals surface area contributed by atoms with Crippen LogP contribution in [0.15, 0.2) is 47.0 Å². The van der Waals surface area contributed by atoms with Crippen LogP contribution in [0.1, 0.15) is 0 Å². The van der Waals surface area contributed by atoms with Crippen molar-refractivity contribution in [1.82, 2.24) is 14.9 Å². The fourth-order valence-corrected chi connectivity index (χ4v) is 3.42. The molecular formula is C17H19N5O6S. The highest BCUT2D eigenvalue weighted by atomic mass is 32.3. The molecule has 1 aromatic carbocycles. The molecule has 0 atom stereocenters. The maximum atomic E-state index is 11.9. The Hall–Kier alpha value is -3.35. The van der Waals surface area contributed by atoms with Crippen molar-refractivity contribution in [2.24, 2.45) is 0 Å². The first-order valence-corrected chi connectivity index (χ1v) is 9.72. The highest BCUT2D eigenvalue weighted by Gasteiger charge is 2.27. The quantitative estimate of drug-likeness (QED) is 0.489. The molecule has 11 nitrogen and oxygen atoms in total. The van der Waals surface area contributed by atoms with Gasteiger partial charge in [0.25, 0.3) is 11.8 Å². The Morgan fingerprint density at radius 3 is 2.31 bits per heavy atom. The highest BCUT2D eigenvalue weighted by molar-refractivity contribution is 8.25. The van der Waals surface area contributed by atoms with Gasteiger partial charge in [0, 0.05) is 24.9 Å². The lowest BCUT2D eigenvalue weighted by Crippen LogP contribution is -2.27. The number of aromatic nitrogens is 2. The number of nitrogens with one attached hydrogen (secondary N) is 2. The number of anilines is 2. The first kappa shape index (κ1) is 20.4. The summed E-state index contributed by atoms with van der Waals surface area (Å²) in [5, 5.41) is 2.83. The summed E-state index contributed by atoms with van der Waals surface area (Å²) in [6.45, 7) is 0. The summed E-state index contributed by atoms with van der Waals surface area (Å²) in [5.41, 5.74) is 0.632. The highest BCUT2D eigenvalue weighted by Crippen LogP contribution is 2.48. The number of carbonyl (C=O) groups is 2. The number of hydrogen-bond donors (Lipinski definition) is 4. The average molecular weight is 421 g/mol. The van der Waals surface area contributed by atoms with Crippen LogP contribution in [-0.2, 0) is 9.59 Å². The standard InChI is InChI=1S/C17H19N5O6S/c1-22-15(23)8-12(16(22)24)18-10-4-6-11(7-5-10)29(25,26)21-13-9-14(27-2)20-17(19-13)28-3/h4-9,18,25-26H,1-3H3,(H,19,20,21). The van der Waals surface area contributed by atoms with E-state index >= 15 is 0 Å². The summed E-state index contributed by atoms with van der Waals surface area (Å²) < 4.78 is 33.5. The van der Waals surface area contributed by atoms with E-state index in [4.69, 9.17) is 9.47 Å². The van der Waals surface area contributed by atoms with Crippen LogP contribution in [-0.4, -0.2) is 57.1 Å². The van der Waals surface area contributed by atoms with E-state index in [-0.39, 0.29) is 28.3 Å². The van der Waals surface area contributed by atoms with Crippen molar-refractivity contribution in [3.63, 3.8) is 0 Å². The Balaban J connectivity index is 1.76. The summed E-state index contributed by atoms with van der Waals surface area (Å²) in [5.74, 6) is -0.581. The second-order valence-corrected chi connectivity index (χ2v) is 7.62. The van der Waals surface area contributed by atoms with Crippen LogP contribution < -0.4 is 19.5 Å². The predicted octanol–water partition coefficient (Wildman–Crippen LogP) is 1.92. The zero-order chi connectivity index (χ0) is 21.2. The Kier molecular flexibility index (Phi) is 5.59. The number of benzene rings is 1. The van der Waals surface area contributed by atoms with Crippen LogP contribution in [0.5, 0.6) is 11.9 Å². The van der Waals surface area contributed by atoms with Gasteiger partial charge in [0.05, 0.1) is 19.1 Å². The van der Waals surface area contributed by atoms with Gasteiger partial charge in [0.15, 0.2) is 5.82 Å². The molecule has 4 N–H and O–H groups in total. The molecule has 2 aromatic rings. The summed E-state index contributed by atoms with van der Waals surface area (Å²) in [4.78, 5) is 32.5. The van der Waals surface area contributed by atoms with Crippen molar-refractivity contribution in [2.75, 3.05) is 31.3 Å². The maximum absolute atomic E-state index is 11.9. The number of carbonyl (C=O) groups excluding carboxylic acids is 2. The van der Waals surface area contributed by atoms with E-state index in [2.05, 4.69) is 20.0 Å². The normalized spacial score (nSPS) is 14.5. The van der Waals surface area contributed by atoms with Gasteiger partial charge in [-0.1, -0.05) is 10.8 Å². The molecule has 2 amide bonds. The molecule has 1 aliphatic heterocycles. The second kappa shape index (κ2) is 7.95. The van der Waals surface area contributed by atoms with E-state index in [1.165, 1.54) is 45.5 Å². The average Bonchev–Trinajstić information content (AvgIpc) is 2.94. The molecule has 12 heteroatoms. The molecule has 0 fully saturated rings. The van der Waals surface area contributed by atoms with Gasteiger partial charge in [-0.25, -0.2) is 0 Å². The minimum absolute atomic E-state index is 0.00406. The fourth-order valence-electron chi connectivity index (χ4n) is 2.39. The van der Waals surface area contributed by atoms with Gasteiger partial charge >= 0.3 is 6.01 Å². The lowest BCUT2D eigenvalue weighted by molar-refractivity contribution is -0.135. The number of ether oxygens (including phenoxy) is 2. The first-order valence-electron chi connectivity index (χ1n) is 8.17. The molecule has 3 rings (SSSR count). The van der Waals surface area contributed by atoms with Crippen LogP contribution in [0.4, 0.5) is 11.5 Å². The fraction of sp³-hybridized carbons (Fsp3) is 0.176. The summed E-state index contributed by atoms with van der Waals surface area (Å²) in [6.07, 6.45) is 1.20. The van der Waals surface area contributed by atoms with E-state index in [1.807, 2.05) is 0 Å². The minimum atomic E-state index is -3.46. The Morgan fingerprint density at radius 1 is 1.07 bits per heavy atom. The van der Waals surface area contributed by atoms with E-state index in [9.17, 15) is 18.7 Å². The van der Waals surface area contributed by atoms with Crippen molar-refractivity contribution in [3.05, 3.63) is 42.1 Å². The molecule has 1 aromatic heterocycles. The lowest BCUT2D eigenvalue weighted by atomic mass is 10.3. The van der Waals surface area contributed by atoms with Gasteiger partial charge in [-0.2, -0.15) is 9.97 Å². The van der Waals surface area contributed by atoms with Crippen LogP contribution in [0, 0.1) is 0 Å². The number of hydrogen-bond acceptors (Lipinski definition) is 10. The van der Waals surface area contributed by atoms with E-state index in [0.29, 0.717) is 5.69 Å². The van der Waals surface area contributed by atoms with E-state index in [0.717, 1.165) is 4.90 Å². The smallest absolute Gasteiger partial charge is 0.321 e. The van der Waals surface area contributed by atoms with Gasteiger partial charge in [0.1, 0.15) is 5.70 Å². The Morgan fingerprint density at radius 2 is 1.76 bits per heavy atom. The number of amides is 2. The SMILES string of the molecule is COc1cc(NS(O)(O)c2ccc(NC3=CC(=O)N(C)C3=O)cc2)nc(OC)n1. The zero-order valence-corrected chi connectivity index (χ0v) is 16.6. The molecule has 0 bridgehead atoms. The third-order valence-electron chi connectivity index (χ3n) is 3.92. The molecule has 0 aliphatic carbocycles. The van der Waals surface area contributed by atoms with Crippen molar-refractivity contribution in [3.8, 4) is 11.9 Å². The molecule has 1 aliphatic rings. The second-order valence-electron chi connectivity index (χ2n) is 5.84. The Labute approximate surface area is 167 Å². The third kappa shape index (κ3) is 4.39. The van der Waals surface area contributed by atoms with Crippen molar-refractivity contribution >= 4 is 34.1 Å². The topological polar surface area (TPSA) is 146 Å². The van der Waals surface area contributed by atoms with Gasteiger partial charge < -0.3 is 14.8 Å². The monoisotopic (exact) mass is 421 g/mol. The number of rotatable bonds is 7. The molecule has 154 valence electrons. The molecule has 0 spiro atoms. The van der Waals surface area contributed by atoms with Crippen molar-refractivity contribution < 1.29 is 28.2 Å². The number of methoxy groups -OCH3 is 2. The van der Waals surface area contributed by atoms with Crippen LogP contribution in [0.2, 0.25) is 0 Å². The van der Waals surface area contributed by atoms with E-state index in [1.54, 1.807) is 12.1 Å². The molecular weight excluding hydrogens is 402 g/mol. The minimum Gasteiger partial charge on any atom is -0.481 e. The molecule has 0 unspecified atom stereocenters. The van der Waals surface area contributed by atoms with Gasteiger partial charge in [0.2, 0.25) is 5.88 Å². The number of nitrogens with zero attached hydrogens (tertiary/aromatic N) is 3. The maximum Gasteiger partial charge on any atom is 0.321 e. The molecule has 0 saturated heterocycles. The lowest BCUT2D eigenvalue weighted by Gasteiger charge is -2.33. The largest absolute Gasteiger partial charge is 0.481 e. The molecule has 2 heterocycles. The summed E-state index contributed by atoms with van der Waals surface area (Å²) in [6, 6.07) is 7.40. The van der Waals surface area contributed by atoms with Crippen molar-refractivity contribution in [1.29, 1.82) is 0 Å². The first-order chi connectivity index (χ1) is 13.7. The summed E-state index contributed by atoms with van der Waals surface area (Å²) in [7, 11) is 0.708. The third-order valence-corrected chi connectivity index (χ3v) is 5.34. The van der Waals surface area contributed by atoms with Gasteiger partial charge in [-0.3, -0.25) is 28.3 Å². The molecule has 29 heavy (non-hydrogen) atoms. The zero-order valence-electron chi connectivity index (χ0n) is 15.7. The molecule has 0 radical (unpaired) electrons. The van der Waals surface area contributed by atoms with Crippen LogP contribution in [0.3, 0.4) is 0 Å². The van der Waals surface area contributed by atoms with Crippen molar-refractivity contribution in [2.45, 2.75) is 4.90 Å². The molecule has 0 saturated carbocycles. The van der Waals surface area contributed by atoms with E-state index < -0.39 is 22.6 Å². The number of imide groups is 1. The number of likely N-dealkylation sites (N-methyl/N-ethyl adjacent to an activating group) is 1. The van der Waals surface area contributed by atoms with Gasteiger partial charge in [-0.05, 0) is 24.3 Å². The van der Waals surface area contributed by atoms with Crippen LogP contribution >= 0.6 is 10.8 Å². The van der Waals surface area contributed by atoms with Gasteiger partial charge in [-0.15, -0.1) is 0 Å². The van der Waals surface area contributed by atoms with Crippen LogP contribution in [0.25, 0.3) is 0 Å². The Bertz CT molecular complexity index is 957.